The van der Waals surface area contributed by atoms with Crippen LogP contribution in [0.2, 0.25) is 0 Å². The number of nitrogens with zero attached hydrogens (tertiary/aromatic N) is 2. The number of anilines is 1. The summed E-state index contributed by atoms with van der Waals surface area (Å²) < 4.78 is 0. The Balaban J connectivity index is 0.00000208. The summed E-state index contributed by atoms with van der Waals surface area (Å²) in [7, 11) is 0. The van der Waals surface area contributed by atoms with Crippen LogP contribution in [0, 0.1) is 0 Å². The predicted molar refractivity (Wildman–Crippen MR) is 99.4 cm³/mol. The number of hydrogen-bond acceptors (Lipinski definition) is 4. The fourth-order valence-corrected chi connectivity index (χ4v) is 3.83. The molecule has 0 amide bonds. The molecule has 0 atom stereocenters. The molecular formula is C19H27ClN2O2. The average Bonchev–Trinajstić information content (AvgIpc) is 3.14. The highest BCUT2D eigenvalue weighted by Gasteiger charge is 2.26. The molecule has 1 saturated heterocycles. The van der Waals surface area contributed by atoms with Crippen molar-refractivity contribution in [3.63, 3.8) is 0 Å². The fourth-order valence-electron chi connectivity index (χ4n) is 3.83. The van der Waals surface area contributed by atoms with Crippen LogP contribution >= 0.6 is 12.4 Å². The Hall–Kier alpha value is -1.39. The zero-order valence-corrected chi connectivity index (χ0v) is 15.0. The van der Waals surface area contributed by atoms with Crippen LogP contribution in [-0.4, -0.2) is 49.2 Å². The summed E-state index contributed by atoms with van der Waals surface area (Å²) in [6.45, 7) is 4.30. The molecular weight excluding hydrogens is 324 g/mol. The first-order valence-corrected chi connectivity index (χ1v) is 8.84. The predicted octanol–water partition coefficient (Wildman–Crippen LogP) is 3.33. The van der Waals surface area contributed by atoms with E-state index in [0.29, 0.717) is 12.8 Å². The zero-order valence-electron chi connectivity index (χ0n) is 14.2. The molecule has 1 aromatic rings. The second-order valence-corrected chi connectivity index (χ2v) is 6.64. The van der Waals surface area contributed by atoms with Crippen LogP contribution < -0.4 is 4.90 Å². The van der Waals surface area contributed by atoms with Gasteiger partial charge in [-0.2, -0.15) is 0 Å². The third kappa shape index (κ3) is 4.58. The Labute approximate surface area is 150 Å². The van der Waals surface area contributed by atoms with E-state index in [2.05, 4.69) is 15.9 Å². The molecule has 0 bridgehead atoms. The smallest absolute Gasteiger partial charge is 0.163 e. The first-order valence-electron chi connectivity index (χ1n) is 8.84. The Morgan fingerprint density at radius 2 is 1.83 bits per heavy atom. The van der Waals surface area contributed by atoms with Crippen LogP contribution in [0.3, 0.4) is 0 Å². The molecule has 0 radical (unpaired) electrons. The number of piperazine rings is 1. The van der Waals surface area contributed by atoms with Gasteiger partial charge in [0.1, 0.15) is 6.29 Å². The number of aldehydes is 1. The van der Waals surface area contributed by atoms with Crippen molar-refractivity contribution in [2.24, 2.45) is 0 Å². The van der Waals surface area contributed by atoms with Crippen LogP contribution in [0.1, 0.15) is 48.9 Å². The standard InChI is InChI=1S/C19H26N2O2.ClH/c22-14-4-9-19(23)16-5-3-8-18(15-16)21-12-10-20(11-13-21)17-6-1-2-7-17;/h3,5,8,14-15,17H,1-2,4,6-7,9-13H2;1H. The number of Topliss-reactive ketones (excluding diaryl/α,β-unsaturated/α-hetero) is 1. The van der Waals surface area contributed by atoms with Crippen molar-refractivity contribution >= 4 is 30.2 Å². The summed E-state index contributed by atoms with van der Waals surface area (Å²) in [4.78, 5) is 27.5. The molecule has 2 fully saturated rings. The fraction of sp³-hybridized carbons (Fsp3) is 0.579. The van der Waals surface area contributed by atoms with Gasteiger partial charge in [0.25, 0.3) is 0 Å². The largest absolute Gasteiger partial charge is 0.369 e. The number of carbonyl (C=O) groups excluding carboxylic acids is 2. The lowest BCUT2D eigenvalue weighted by atomic mass is 10.1. The summed E-state index contributed by atoms with van der Waals surface area (Å²) >= 11 is 0. The maximum atomic E-state index is 12.1. The maximum absolute atomic E-state index is 12.1. The average molecular weight is 351 g/mol. The summed E-state index contributed by atoms with van der Waals surface area (Å²) in [6.07, 6.45) is 6.92. The number of ketones is 1. The molecule has 0 N–H and O–H groups in total. The first kappa shape index (κ1) is 18.9. The van der Waals surface area contributed by atoms with E-state index in [1.807, 2.05) is 18.2 Å². The Morgan fingerprint density at radius 1 is 1.12 bits per heavy atom. The summed E-state index contributed by atoms with van der Waals surface area (Å²) in [5.41, 5.74) is 1.86. The molecule has 132 valence electrons. The van der Waals surface area contributed by atoms with E-state index in [1.54, 1.807) is 0 Å². The van der Waals surface area contributed by atoms with Gasteiger partial charge in [-0.05, 0) is 25.0 Å². The van der Waals surface area contributed by atoms with E-state index in [0.717, 1.165) is 49.8 Å². The summed E-state index contributed by atoms with van der Waals surface area (Å²) in [5, 5.41) is 0. The molecule has 1 aliphatic heterocycles. The Bertz CT molecular complexity index is 550. The molecule has 24 heavy (non-hydrogen) atoms. The van der Waals surface area contributed by atoms with Crippen LogP contribution in [0.25, 0.3) is 0 Å². The third-order valence-corrected chi connectivity index (χ3v) is 5.18. The number of benzene rings is 1. The molecule has 4 nitrogen and oxygen atoms in total. The van der Waals surface area contributed by atoms with Gasteiger partial charge < -0.3 is 9.69 Å². The lowest BCUT2D eigenvalue weighted by Gasteiger charge is -2.39. The van der Waals surface area contributed by atoms with Gasteiger partial charge >= 0.3 is 0 Å². The molecule has 2 aliphatic rings. The lowest BCUT2D eigenvalue weighted by Crippen LogP contribution is -2.49. The molecule has 1 aliphatic carbocycles. The lowest BCUT2D eigenvalue weighted by molar-refractivity contribution is -0.107. The molecule has 1 heterocycles. The van der Waals surface area contributed by atoms with Crippen molar-refractivity contribution in [1.82, 2.24) is 4.90 Å². The number of rotatable bonds is 6. The highest BCUT2D eigenvalue weighted by Crippen LogP contribution is 2.26. The van der Waals surface area contributed by atoms with Crippen molar-refractivity contribution in [1.29, 1.82) is 0 Å². The van der Waals surface area contributed by atoms with Gasteiger partial charge in [-0.1, -0.05) is 25.0 Å². The summed E-state index contributed by atoms with van der Waals surface area (Å²) in [6, 6.07) is 8.67. The van der Waals surface area contributed by atoms with Crippen molar-refractivity contribution in [2.75, 3.05) is 31.1 Å². The molecule has 3 rings (SSSR count). The van der Waals surface area contributed by atoms with Gasteiger partial charge in [0, 0.05) is 56.3 Å². The normalized spacial score (nSPS) is 19.1. The van der Waals surface area contributed by atoms with Crippen LogP contribution in [0.4, 0.5) is 5.69 Å². The minimum absolute atomic E-state index is 0. The quantitative estimate of drug-likeness (QED) is 0.583. The van der Waals surface area contributed by atoms with Crippen LogP contribution in [0.15, 0.2) is 24.3 Å². The van der Waals surface area contributed by atoms with Gasteiger partial charge in [0.15, 0.2) is 5.78 Å². The monoisotopic (exact) mass is 350 g/mol. The second-order valence-electron chi connectivity index (χ2n) is 6.64. The van der Waals surface area contributed by atoms with Crippen molar-refractivity contribution in [3.8, 4) is 0 Å². The summed E-state index contributed by atoms with van der Waals surface area (Å²) in [5.74, 6) is 0.0588. The zero-order chi connectivity index (χ0) is 16.1. The SMILES string of the molecule is Cl.O=CCCC(=O)c1cccc(N2CCN(C3CCCC3)CC2)c1. The van der Waals surface area contributed by atoms with E-state index >= 15 is 0 Å². The molecule has 0 aromatic heterocycles. The van der Waals surface area contributed by atoms with E-state index in [4.69, 9.17) is 0 Å². The van der Waals surface area contributed by atoms with E-state index in [9.17, 15) is 9.59 Å². The topological polar surface area (TPSA) is 40.6 Å². The number of halogens is 1. The van der Waals surface area contributed by atoms with Gasteiger partial charge in [0.2, 0.25) is 0 Å². The van der Waals surface area contributed by atoms with Crippen molar-refractivity contribution in [2.45, 2.75) is 44.6 Å². The number of hydrogen-bond donors (Lipinski definition) is 0. The van der Waals surface area contributed by atoms with Gasteiger partial charge in [0.05, 0.1) is 0 Å². The highest BCUT2D eigenvalue weighted by molar-refractivity contribution is 5.97. The number of carbonyl (C=O) groups is 2. The van der Waals surface area contributed by atoms with Gasteiger partial charge in [-0.15, -0.1) is 12.4 Å². The second kappa shape index (κ2) is 9.19. The Morgan fingerprint density at radius 3 is 2.50 bits per heavy atom. The molecule has 5 heteroatoms. The molecule has 1 saturated carbocycles. The van der Waals surface area contributed by atoms with E-state index in [-0.39, 0.29) is 18.2 Å². The molecule has 1 aromatic carbocycles. The van der Waals surface area contributed by atoms with Gasteiger partial charge in [-0.25, -0.2) is 0 Å². The first-order chi connectivity index (χ1) is 11.3. The maximum Gasteiger partial charge on any atom is 0.163 e. The minimum Gasteiger partial charge on any atom is -0.369 e. The molecule has 0 spiro atoms. The van der Waals surface area contributed by atoms with Crippen molar-refractivity contribution in [3.05, 3.63) is 29.8 Å². The minimum atomic E-state index is 0. The van der Waals surface area contributed by atoms with Crippen molar-refractivity contribution < 1.29 is 9.59 Å². The van der Waals surface area contributed by atoms with E-state index in [1.165, 1.54) is 25.7 Å². The Kier molecular flexibility index (Phi) is 7.25. The third-order valence-electron chi connectivity index (χ3n) is 5.18. The molecule has 0 unspecified atom stereocenters. The van der Waals surface area contributed by atoms with Crippen LogP contribution in [-0.2, 0) is 4.79 Å². The van der Waals surface area contributed by atoms with E-state index < -0.39 is 0 Å². The van der Waals surface area contributed by atoms with Gasteiger partial charge in [-0.3, -0.25) is 9.69 Å². The van der Waals surface area contributed by atoms with Crippen LogP contribution in [0.5, 0.6) is 0 Å². The highest BCUT2D eigenvalue weighted by atomic mass is 35.5.